The fourth-order valence-electron chi connectivity index (χ4n) is 3.22. The van der Waals surface area contributed by atoms with Crippen LogP contribution in [0.5, 0.6) is 0 Å². The number of hydrogen-bond acceptors (Lipinski definition) is 3. The molecule has 0 bridgehead atoms. The lowest BCUT2D eigenvalue weighted by molar-refractivity contribution is 0.204. The van der Waals surface area contributed by atoms with Gasteiger partial charge in [-0.05, 0) is 56.7 Å². The van der Waals surface area contributed by atoms with Crippen molar-refractivity contribution < 1.29 is 14.3 Å². The molecule has 0 radical (unpaired) electrons. The Labute approximate surface area is 142 Å². The smallest absolute Gasteiger partial charge is 0.322 e. The molecule has 2 amide bonds. The van der Waals surface area contributed by atoms with Gasteiger partial charge in [-0.2, -0.15) is 0 Å². The van der Waals surface area contributed by atoms with Crippen LogP contribution in [0.25, 0.3) is 0 Å². The van der Waals surface area contributed by atoms with E-state index in [0.29, 0.717) is 24.3 Å². The maximum Gasteiger partial charge on any atom is 0.322 e. The second kappa shape index (κ2) is 7.83. The molecule has 1 aromatic rings. The molecule has 132 valence electrons. The van der Waals surface area contributed by atoms with E-state index in [2.05, 4.69) is 5.32 Å². The number of unbranched alkanes of at least 4 members (excludes halogenated alkanes) is 1. The molecule has 5 nitrogen and oxygen atoms in total. The van der Waals surface area contributed by atoms with E-state index in [4.69, 9.17) is 5.11 Å². The largest absolute Gasteiger partial charge is 0.396 e. The number of urea groups is 1. The average molecular weight is 335 g/mol. The summed E-state index contributed by atoms with van der Waals surface area (Å²) in [5.74, 6) is -0.284. The van der Waals surface area contributed by atoms with E-state index in [1.165, 1.54) is 6.07 Å². The summed E-state index contributed by atoms with van der Waals surface area (Å²) in [6.45, 7) is 2.56. The maximum atomic E-state index is 14.3. The van der Waals surface area contributed by atoms with E-state index in [1.54, 1.807) is 12.1 Å². The lowest BCUT2D eigenvalue weighted by Gasteiger charge is -2.23. The fourth-order valence-corrected chi connectivity index (χ4v) is 3.22. The first kappa shape index (κ1) is 17.0. The normalized spacial score (nSPS) is 17.2. The number of aliphatic hydroxyl groups is 1. The Bertz CT molecular complexity index is 571. The monoisotopic (exact) mass is 335 g/mol. The van der Waals surface area contributed by atoms with E-state index < -0.39 is 0 Å². The van der Waals surface area contributed by atoms with Crippen molar-refractivity contribution in [2.75, 3.05) is 36.5 Å². The maximum absolute atomic E-state index is 14.3. The summed E-state index contributed by atoms with van der Waals surface area (Å²) < 4.78 is 14.3. The predicted molar refractivity (Wildman–Crippen MR) is 92.9 cm³/mol. The Balaban J connectivity index is 1.61. The summed E-state index contributed by atoms with van der Waals surface area (Å²) in [6, 6.07) is 5.04. The molecule has 2 aliphatic rings. The highest BCUT2D eigenvalue weighted by atomic mass is 19.1. The van der Waals surface area contributed by atoms with Crippen molar-refractivity contribution in [3.63, 3.8) is 0 Å². The van der Waals surface area contributed by atoms with Gasteiger partial charge in [0.2, 0.25) is 0 Å². The highest BCUT2D eigenvalue weighted by Gasteiger charge is 2.32. The molecule has 1 saturated heterocycles. The Morgan fingerprint density at radius 3 is 2.67 bits per heavy atom. The second-order valence-corrected chi connectivity index (χ2v) is 6.65. The molecule has 2 fully saturated rings. The van der Waals surface area contributed by atoms with Gasteiger partial charge < -0.3 is 20.2 Å². The SMILES string of the molecule is O=C(Nc1ccc(N2CCCC2)c(F)c1)N(CCCCO)C1CC1. The van der Waals surface area contributed by atoms with Crippen molar-refractivity contribution >= 4 is 17.4 Å². The molecule has 1 saturated carbocycles. The Hall–Kier alpha value is -1.82. The summed E-state index contributed by atoms with van der Waals surface area (Å²) in [7, 11) is 0. The van der Waals surface area contributed by atoms with Gasteiger partial charge in [0.05, 0.1) is 5.69 Å². The molecule has 24 heavy (non-hydrogen) atoms. The Morgan fingerprint density at radius 1 is 1.29 bits per heavy atom. The Kier molecular flexibility index (Phi) is 5.56. The van der Waals surface area contributed by atoms with Gasteiger partial charge in [0, 0.05) is 38.0 Å². The molecular formula is C18H26FN3O2. The minimum Gasteiger partial charge on any atom is -0.396 e. The zero-order valence-electron chi connectivity index (χ0n) is 14.0. The number of nitrogens with one attached hydrogen (secondary N) is 1. The molecule has 0 atom stereocenters. The van der Waals surface area contributed by atoms with Crippen molar-refractivity contribution in [3.05, 3.63) is 24.0 Å². The highest BCUT2D eigenvalue weighted by Crippen LogP contribution is 2.29. The standard InChI is InChI=1S/C18H26FN3O2/c19-16-13-14(5-8-17(16)21-9-1-2-10-21)20-18(24)22(15-6-7-15)11-3-4-12-23/h5,8,13,15,23H,1-4,6-7,9-12H2,(H,20,24). The highest BCUT2D eigenvalue weighted by molar-refractivity contribution is 5.90. The number of carbonyl (C=O) groups excluding carboxylic acids is 1. The van der Waals surface area contributed by atoms with Crippen LogP contribution in [0.3, 0.4) is 0 Å². The summed E-state index contributed by atoms with van der Waals surface area (Å²) >= 11 is 0. The summed E-state index contributed by atoms with van der Waals surface area (Å²) in [6.07, 6.45) is 5.71. The molecule has 1 aromatic carbocycles. The molecule has 0 aromatic heterocycles. The molecule has 2 N–H and O–H groups in total. The third-order valence-electron chi connectivity index (χ3n) is 4.70. The number of aliphatic hydroxyl groups excluding tert-OH is 1. The van der Waals surface area contributed by atoms with Crippen molar-refractivity contribution in [3.8, 4) is 0 Å². The van der Waals surface area contributed by atoms with Gasteiger partial charge >= 0.3 is 6.03 Å². The second-order valence-electron chi connectivity index (χ2n) is 6.65. The zero-order valence-corrected chi connectivity index (χ0v) is 14.0. The van der Waals surface area contributed by atoms with Gasteiger partial charge in [-0.3, -0.25) is 0 Å². The molecule has 3 rings (SSSR count). The van der Waals surface area contributed by atoms with E-state index in [-0.39, 0.29) is 24.5 Å². The number of anilines is 2. The summed E-state index contributed by atoms with van der Waals surface area (Å²) in [4.78, 5) is 16.3. The van der Waals surface area contributed by atoms with E-state index >= 15 is 0 Å². The van der Waals surface area contributed by atoms with Gasteiger partial charge in [-0.15, -0.1) is 0 Å². The van der Waals surface area contributed by atoms with Crippen LogP contribution >= 0.6 is 0 Å². The minimum absolute atomic E-state index is 0.142. The molecular weight excluding hydrogens is 309 g/mol. The van der Waals surface area contributed by atoms with Crippen LogP contribution in [-0.2, 0) is 0 Å². The first-order chi connectivity index (χ1) is 11.7. The van der Waals surface area contributed by atoms with E-state index in [1.807, 2.05) is 9.80 Å². The van der Waals surface area contributed by atoms with Crippen molar-refractivity contribution in [1.82, 2.24) is 4.90 Å². The minimum atomic E-state index is -0.284. The number of amides is 2. The molecule has 6 heteroatoms. The number of nitrogens with zero attached hydrogens (tertiary/aromatic N) is 2. The van der Waals surface area contributed by atoms with Crippen LogP contribution < -0.4 is 10.2 Å². The third-order valence-corrected chi connectivity index (χ3v) is 4.70. The van der Waals surface area contributed by atoms with Crippen LogP contribution in [0.15, 0.2) is 18.2 Å². The fraction of sp³-hybridized carbons (Fsp3) is 0.611. The molecule has 0 unspecified atom stereocenters. The molecule has 1 heterocycles. The number of carbonyl (C=O) groups is 1. The molecule has 1 aliphatic carbocycles. The van der Waals surface area contributed by atoms with Crippen LogP contribution in [0.1, 0.15) is 38.5 Å². The van der Waals surface area contributed by atoms with Crippen LogP contribution in [0.4, 0.5) is 20.6 Å². The van der Waals surface area contributed by atoms with E-state index in [0.717, 1.165) is 45.2 Å². The quantitative estimate of drug-likeness (QED) is 0.753. The van der Waals surface area contributed by atoms with E-state index in [9.17, 15) is 9.18 Å². The number of rotatable bonds is 7. The van der Waals surface area contributed by atoms with Crippen molar-refractivity contribution in [2.45, 2.75) is 44.6 Å². The van der Waals surface area contributed by atoms with Crippen LogP contribution in [-0.4, -0.2) is 48.3 Å². The van der Waals surface area contributed by atoms with Gasteiger partial charge in [-0.25, -0.2) is 9.18 Å². The van der Waals surface area contributed by atoms with Gasteiger partial charge in [-0.1, -0.05) is 0 Å². The first-order valence-electron chi connectivity index (χ1n) is 8.92. The number of hydrogen-bond donors (Lipinski definition) is 2. The van der Waals surface area contributed by atoms with Crippen LogP contribution in [0.2, 0.25) is 0 Å². The van der Waals surface area contributed by atoms with Gasteiger partial charge in [0.25, 0.3) is 0 Å². The van der Waals surface area contributed by atoms with Gasteiger partial charge in [0.1, 0.15) is 5.82 Å². The molecule has 0 spiro atoms. The topological polar surface area (TPSA) is 55.8 Å². The average Bonchev–Trinajstić information content (AvgIpc) is 3.25. The number of benzene rings is 1. The summed E-state index contributed by atoms with van der Waals surface area (Å²) in [5, 5.41) is 11.7. The Morgan fingerprint density at radius 2 is 2.04 bits per heavy atom. The lowest BCUT2D eigenvalue weighted by Crippen LogP contribution is -2.37. The lowest BCUT2D eigenvalue weighted by atomic mass is 10.2. The number of halogens is 1. The summed E-state index contributed by atoms with van der Waals surface area (Å²) in [5.41, 5.74) is 1.11. The predicted octanol–water partition coefficient (Wildman–Crippen LogP) is 3.19. The van der Waals surface area contributed by atoms with Crippen molar-refractivity contribution in [2.24, 2.45) is 0 Å². The molecule has 1 aliphatic heterocycles. The van der Waals surface area contributed by atoms with Gasteiger partial charge in [0.15, 0.2) is 0 Å². The third kappa shape index (κ3) is 4.17. The zero-order chi connectivity index (χ0) is 16.9. The first-order valence-corrected chi connectivity index (χ1v) is 8.92. The van der Waals surface area contributed by atoms with Crippen LogP contribution in [0, 0.1) is 5.82 Å². The van der Waals surface area contributed by atoms with Crippen molar-refractivity contribution in [1.29, 1.82) is 0 Å².